The maximum Gasteiger partial charge on any atom is 0.338 e. The molecule has 0 unspecified atom stereocenters. The van der Waals surface area contributed by atoms with Crippen LogP contribution in [-0.2, 0) is 16.1 Å². The molecule has 184 valence electrons. The smallest absolute Gasteiger partial charge is 0.338 e. The second-order valence-electron chi connectivity index (χ2n) is 7.26. The second-order valence-corrected chi connectivity index (χ2v) is 10.4. The highest BCUT2D eigenvalue weighted by atomic mass is 127. The molecular formula is C26H18Cl2I2N2O4. The molecule has 0 aromatic heterocycles. The molecule has 0 heterocycles. The highest BCUT2D eigenvalue weighted by molar-refractivity contribution is 14.1. The average Bonchev–Trinajstić information content (AvgIpc) is 2.83. The maximum atomic E-state index is 12.7. The number of halogens is 4. The molecule has 0 atom stereocenters. The molecule has 0 bridgehead atoms. The molecule has 6 nitrogen and oxygen atoms in total. The van der Waals surface area contributed by atoms with Gasteiger partial charge in [-0.15, -0.1) is 0 Å². The standard InChI is InChI=1S/C26H18Cl2I2N2O4/c1-2-35-26(34)16-4-7-20(8-5-16)32-25(33)18(13-31)9-15-10-22(29)24(23(30)11-15)36-14-17-3-6-19(27)12-21(17)28/h3-12H,2,14H2,1H3,(H,32,33)/b18-9+. The number of hydrogen-bond donors (Lipinski definition) is 1. The molecule has 0 saturated carbocycles. The van der Waals surface area contributed by atoms with E-state index in [1.54, 1.807) is 43.3 Å². The van der Waals surface area contributed by atoms with E-state index in [4.69, 9.17) is 32.7 Å². The summed E-state index contributed by atoms with van der Waals surface area (Å²) < 4.78 is 12.6. The summed E-state index contributed by atoms with van der Waals surface area (Å²) in [5.74, 6) is -0.339. The minimum absolute atomic E-state index is 0.0716. The van der Waals surface area contributed by atoms with Crippen LogP contribution in [0.15, 0.2) is 60.2 Å². The van der Waals surface area contributed by atoms with Gasteiger partial charge in [0.1, 0.15) is 24.0 Å². The zero-order valence-electron chi connectivity index (χ0n) is 18.8. The van der Waals surface area contributed by atoms with Crippen LogP contribution in [0.2, 0.25) is 10.0 Å². The lowest BCUT2D eigenvalue weighted by Crippen LogP contribution is -2.13. The van der Waals surface area contributed by atoms with Crippen molar-refractivity contribution in [2.45, 2.75) is 13.5 Å². The van der Waals surface area contributed by atoms with Crippen molar-refractivity contribution in [2.75, 3.05) is 11.9 Å². The van der Waals surface area contributed by atoms with E-state index in [0.29, 0.717) is 32.6 Å². The van der Waals surface area contributed by atoms with Crippen LogP contribution in [0, 0.1) is 18.5 Å². The van der Waals surface area contributed by atoms with E-state index in [9.17, 15) is 14.9 Å². The van der Waals surface area contributed by atoms with Gasteiger partial charge >= 0.3 is 5.97 Å². The number of benzene rings is 3. The van der Waals surface area contributed by atoms with E-state index in [1.165, 1.54) is 6.08 Å². The Balaban J connectivity index is 1.73. The Morgan fingerprint density at radius 1 is 1.06 bits per heavy atom. The SMILES string of the molecule is CCOC(=O)c1ccc(NC(=O)/C(C#N)=C/c2cc(I)c(OCc3ccc(Cl)cc3Cl)c(I)c2)cc1. The number of hydrogen-bond acceptors (Lipinski definition) is 5. The zero-order valence-corrected chi connectivity index (χ0v) is 24.6. The fourth-order valence-corrected chi connectivity index (χ4v) is 5.60. The third-order valence-electron chi connectivity index (χ3n) is 4.74. The largest absolute Gasteiger partial charge is 0.487 e. The number of carbonyl (C=O) groups is 2. The zero-order chi connectivity index (χ0) is 26.2. The van der Waals surface area contributed by atoms with Crippen molar-refractivity contribution in [3.63, 3.8) is 0 Å². The van der Waals surface area contributed by atoms with E-state index >= 15 is 0 Å². The molecule has 1 amide bonds. The summed E-state index contributed by atoms with van der Waals surface area (Å²) in [6.07, 6.45) is 1.51. The maximum absolute atomic E-state index is 12.7. The number of ether oxygens (including phenoxy) is 2. The van der Waals surface area contributed by atoms with Gasteiger partial charge in [-0.25, -0.2) is 4.79 Å². The molecule has 1 N–H and O–H groups in total. The van der Waals surface area contributed by atoms with Gasteiger partial charge in [0, 0.05) is 21.3 Å². The monoisotopic (exact) mass is 746 g/mol. The first-order valence-electron chi connectivity index (χ1n) is 10.5. The predicted octanol–water partition coefficient (Wildman–Crippen LogP) is 7.50. The first-order chi connectivity index (χ1) is 17.2. The molecule has 3 aromatic rings. The molecular weight excluding hydrogens is 729 g/mol. The van der Waals surface area contributed by atoms with Crippen LogP contribution in [0.25, 0.3) is 6.08 Å². The van der Waals surface area contributed by atoms with Crippen molar-refractivity contribution in [1.82, 2.24) is 0 Å². The molecule has 0 radical (unpaired) electrons. The number of esters is 1. The van der Waals surface area contributed by atoms with E-state index in [1.807, 2.05) is 24.3 Å². The van der Waals surface area contributed by atoms with Gasteiger partial charge < -0.3 is 14.8 Å². The van der Waals surface area contributed by atoms with Crippen molar-refractivity contribution in [3.05, 3.63) is 94.0 Å². The number of nitriles is 1. The summed E-state index contributed by atoms with van der Waals surface area (Å²) in [6, 6.07) is 17.0. The van der Waals surface area contributed by atoms with Gasteiger partial charge in [0.05, 0.1) is 19.3 Å². The van der Waals surface area contributed by atoms with E-state index in [-0.39, 0.29) is 18.8 Å². The number of amides is 1. The quantitative estimate of drug-likeness (QED) is 0.112. The van der Waals surface area contributed by atoms with E-state index in [2.05, 4.69) is 50.5 Å². The average molecular weight is 747 g/mol. The molecule has 0 aliphatic carbocycles. The van der Waals surface area contributed by atoms with E-state index in [0.717, 1.165) is 12.7 Å². The fraction of sp³-hybridized carbons (Fsp3) is 0.115. The normalized spacial score (nSPS) is 10.9. The summed E-state index contributed by atoms with van der Waals surface area (Å²) >= 11 is 16.5. The van der Waals surface area contributed by atoms with Gasteiger partial charge in [-0.3, -0.25) is 4.79 Å². The topological polar surface area (TPSA) is 88.4 Å². The van der Waals surface area contributed by atoms with Gasteiger partial charge in [0.25, 0.3) is 5.91 Å². The number of nitrogens with one attached hydrogen (secondary N) is 1. The molecule has 3 rings (SSSR count). The minimum Gasteiger partial charge on any atom is -0.487 e. The number of nitrogens with zero attached hydrogens (tertiary/aromatic N) is 1. The summed E-state index contributed by atoms with van der Waals surface area (Å²) in [4.78, 5) is 24.5. The summed E-state index contributed by atoms with van der Waals surface area (Å²) in [6.45, 7) is 2.26. The molecule has 10 heteroatoms. The van der Waals surface area contributed by atoms with Gasteiger partial charge in [-0.2, -0.15) is 5.26 Å². The summed E-state index contributed by atoms with van der Waals surface area (Å²) in [7, 11) is 0. The molecule has 36 heavy (non-hydrogen) atoms. The van der Waals surface area contributed by atoms with E-state index < -0.39 is 11.9 Å². The van der Waals surface area contributed by atoms with Crippen LogP contribution in [0.4, 0.5) is 5.69 Å². The molecule has 0 saturated heterocycles. The van der Waals surface area contributed by atoms with Crippen LogP contribution in [0.1, 0.15) is 28.4 Å². The number of carbonyl (C=O) groups excluding carboxylic acids is 2. The van der Waals surface area contributed by atoms with Crippen molar-refractivity contribution in [2.24, 2.45) is 0 Å². The second kappa shape index (κ2) is 13.3. The Bertz CT molecular complexity index is 1350. The molecule has 0 fully saturated rings. The van der Waals surface area contributed by atoms with Crippen molar-refractivity contribution in [1.29, 1.82) is 5.26 Å². The van der Waals surface area contributed by atoms with Crippen molar-refractivity contribution < 1.29 is 19.1 Å². The lowest BCUT2D eigenvalue weighted by molar-refractivity contribution is -0.112. The van der Waals surface area contributed by atoms with Crippen LogP contribution in [0.3, 0.4) is 0 Å². The Kier molecular flexibility index (Phi) is 10.4. The Morgan fingerprint density at radius 2 is 1.72 bits per heavy atom. The Labute approximate surface area is 245 Å². The lowest BCUT2D eigenvalue weighted by Gasteiger charge is -2.13. The van der Waals surface area contributed by atoms with Gasteiger partial charge in [0.2, 0.25) is 0 Å². The van der Waals surface area contributed by atoms with Crippen molar-refractivity contribution >= 4 is 92.0 Å². The summed E-state index contributed by atoms with van der Waals surface area (Å²) in [5, 5.41) is 13.3. The van der Waals surface area contributed by atoms with Gasteiger partial charge in [-0.1, -0.05) is 29.3 Å². The van der Waals surface area contributed by atoms with Crippen LogP contribution in [0.5, 0.6) is 5.75 Å². The van der Waals surface area contributed by atoms with Crippen molar-refractivity contribution in [3.8, 4) is 11.8 Å². The first-order valence-corrected chi connectivity index (χ1v) is 13.4. The molecule has 0 spiro atoms. The molecule has 3 aromatic carbocycles. The highest BCUT2D eigenvalue weighted by Crippen LogP contribution is 2.31. The molecule has 0 aliphatic rings. The van der Waals surface area contributed by atoms with Gasteiger partial charge in [0.15, 0.2) is 0 Å². The Hall–Kier alpha value is -2.33. The minimum atomic E-state index is -0.566. The fourth-order valence-electron chi connectivity index (χ4n) is 3.01. The first kappa shape index (κ1) is 28.2. The molecule has 0 aliphatic heterocycles. The highest BCUT2D eigenvalue weighted by Gasteiger charge is 2.14. The number of anilines is 1. The van der Waals surface area contributed by atoms with Crippen LogP contribution in [-0.4, -0.2) is 18.5 Å². The van der Waals surface area contributed by atoms with Gasteiger partial charge in [-0.05, 0) is 112 Å². The summed E-state index contributed by atoms with van der Waals surface area (Å²) in [5.41, 5.74) is 2.22. The number of rotatable bonds is 8. The predicted molar refractivity (Wildman–Crippen MR) is 157 cm³/mol. The Morgan fingerprint density at radius 3 is 2.31 bits per heavy atom. The van der Waals surface area contributed by atoms with Crippen LogP contribution >= 0.6 is 68.4 Å². The third-order valence-corrected chi connectivity index (χ3v) is 6.93. The lowest BCUT2D eigenvalue weighted by atomic mass is 10.1. The van der Waals surface area contributed by atoms with Crippen LogP contribution < -0.4 is 10.1 Å². The third kappa shape index (κ3) is 7.59.